The van der Waals surface area contributed by atoms with Crippen molar-refractivity contribution in [2.24, 2.45) is 0 Å². The lowest BCUT2D eigenvalue weighted by Gasteiger charge is -2.08. The third-order valence-electron chi connectivity index (χ3n) is 3.30. The van der Waals surface area contributed by atoms with Gasteiger partial charge in [0.05, 0.1) is 6.61 Å². The molecular weight excluding hydrogens is 388 g/mol. The molecule has 128 valence electrons. The van der Waals surface area contributed by atoms with E-state index in [-0.39, 0.29) is 12.5 Å². The van der Waals surface area contributed by atoms with E-state index in [0.717, 1.165) is 10.0 Å². The zero-order valence-electron chi connectivity index (χ0n) is 13.4. The van der Waals surface area contributed by atoms with Gasteiger partial charge in [-0.2, -0.15) is 4.98 Å². The van der Waals surface area contributed by atoms with Crippen LogP contribution in [0.25, 0.3) is 11.4 Å². The molecule has 3 aromatic rings. The van der Waals surface area contributed by atoms with Crippen molar-refractivity contribution in [3.8, 4) is 17.1 Å². The molecule has 25 heavy (non-hydrogen) atoms. The molecule has 7 heteroatoms. The van der Waals surface area contributed by atoms with Gasteiger partial charge in [-0.25, -0.2) is 4.79 Å². The zero-order chi connectivity index (χ0) is 17.6. The second-order valence-corrected chi connectivity index (χ2v) is 5.94. The molecule has 0 N–H and O–H groups in total. The topological polar surface area (TPSA) is 74.5 Å². The van der Waals surface area contributed by atoms with Gasteiger partial charge in [-0.1, -0.05) is 33.2 Å². The number of hydrogen-bond donors (Lipinski definition) is 0. The minimum atomic E-state index is -0.507. The van der Waals surface area contributed by atoms with Crippen LogP contribution in [0, 0.1) is 0 Å². The summed E-state index contributed by atoms with van der Waals surface area (Å²) in [4.78, 5) is 16.5. The fourth-order valence-corrected chi connectivity index (χ4v) is 2.42. The average Bonchev–Trinajstić information content (AvgIpc) is 3.10. The lowest BCUT2D eigenvalue weighted by atomic mass is 10.2. The summed E-state index contributed by atoms with van der Waals surface area (Å²) >= 11 is 3.37. The van der Waals surface area contributed by atoms with Gasteiger partial charge in [-0.3, -0.25) is 0 Å². The Morgan fingerprint density at radius 3 is 2.68 bits per heavy atom. The van der Waals surface area contributed by atoms with Gasteiger partial charge in [0.1, 0.15) is 11.3 Å². The van der Waals surface area contributed by atoms with Crippen LogP contribution in [-0.4, -0.2) is 22.7 Å². The first-order valence-corrected chi connectivity index (χ1v) is 8.44. The van der Waals surface area contributed by atoms with Crippen molar-refractivity contribution >= 4 is 21.9 Å². The van der Waals surface area contributed by atoms with Crippen LogP contribution in [0.5, 0.6) is 5.75 Å². The molecule has 1 heterocycles. The summed E-state index contributed by atoms with van der Waals surface area (Å²) in [5.41, 5.74) is 1.17. The Bertz CT molecular complexity index is 862. The van der Waals surface area contributed by atoms with Crippen LogP contribution in [0.1, 0.15) is 23.2 Å². The molecule has 0 saturated heterocycles. The van der Waals surface area contributed by atoms with Crippen LogP contribution in [0.2, 0.25) is 0 Å². The molecule has 0 amide bonds. The summed E-state index contributed by atoms with van der Waals surface area (Å²) in [5.74, 6) is 0.636. The molecule has 0 atom stereocenters. The fraction of sp³-hybridized carbons (Fsp3) is 0.167. The van der Waals surface area contributed by atoms with Crippen molar-refractivity contribution in [3.05, 3.63) is 64.5 Å². The van der Waals surface area contributed by atoms with Gasteiger partial charge in [0.2, 0.25) is 5.82 Å². The van der Waals surface area contributed by atoms with E-state index in [2.05, 4.69) is 26.1 Å². The first-order chi connectivity index (χ1) is 12.2. The fourth-order valence-electron chi connectivity index (χ4n) is 2.15. The number of hydrogen-bond acceptors (Lipinski definition) is 6. The molecule has 0 aliphatic heterocycles. The highest BCUT2D eigenvalue weighted by atomic mass is 79.9. The molecule has 0 aliphatic rings. The highest BCUT2D eigenvalue weighted by Crippen LogP contribution is 2.21. The predicted molar refractivity (Wildman–Crippen MR) is 94.2 cm³/mol. The van der Waals surface area contributed by atoms with Gasteiger partial charge in [0.25, 0.3) is 5.89 Å². The molecule has 0 saturated carbocycles. The standard InChI is InChI=1S/C18H15BrN2O4/c1-2-23-15-6-4-3-5-14(15)18(22)24-11-16-20-17(21-25-16)12-7-9-13(19)10-8-12/h3-10H,2,11H2,1H3. The molecular formula is C18H15BrN2O4. The van der Waals surface area contributed by atoms with Crippen molar-refractivity contribution in [1.82, 2.24) is 10.1 Å². The molecule has 6 nitrogen and oxygen atoms in total. The zero-order valence-corrected chi connectivity index (χ0v) is 15.0. The third kappa shape index (κ3) is 4.24. The van der Waals surface area contributed by atoms with Crippen LogP contribution < -0.4 is 4.74 Å². The average molecular weight is 403 g/mol. The highest BCUT2D eigenvalue weighted by Gasteiger charge is 2.16. The summed E-state index contributed by atoms with van der Waals surface area (Å²) in [7, 11) is 0. The van der Waals surface area contributed by atoms with Crippen molar-refractivity contribution in [3.63, 3.8) is 0 Å². The Kier molecular flexibility index (Phi) is 5.45. The normalized spacial score (nSPS) is 10.5. The lowest BCUT2D eigenvalue weighted by molar-refractivity contribution is 0.0425. The van der Waals surface area contributed by atoms with Crippen molar-refractivity contribution < 1.29 is 18.8 Å². The van der Waals surface area contributed by atoms with E-state index in [0.29, 0.717) is 23.7 Å². The molecule has 1 aromatic heterocycles. The predicted octanol–water partition coefficient (Wildman–Crippen LogP) is 4.25. The summed E-state index contributed by atoms with van der Waals surface area (Å²) < 4.78 is 16.8. The molecule has 0 unspecified atom stereocenters. The van der Waals surface area contributed by atoms with E-state index < -0.39 is 5.97 Å². The van der Waals surface area contributed by atoms with Crippen LogP contribution in [-0.2, 0) is 11.3 Å². The number of rotatable bonds is 6. The number of halogens is 1. The smallest absolute Gasteiger partial charge is 0.342 e. The quantitative estimate of drug-likeness (QED) is 0.573. The van der Waals surface area contributed by atoms with Gasteiger partial charge in [-0.05, 0) is 43.3 Å². The third-order valence-corrected chi connectivity index (χ3v) is 3.83. The first-order valence-electron chi connectivity index (χ1n) is 7.65. The summed E-state index contributed by atoms with van der Waals surface area (Å²) in [6.45, 7) is 2.21. The maximum Gasteiger partial charge on any atom is 0.342 e. The number of ether oxygens (including phenoxy) is 2. The Hall–Kier alpha value is -2.67. The molecule has 0 spiro atoms. The number of benzene rings is 2. The van der Waals surface area contributed by atoms with E-state index in [1.54, 1.807) is 24.3 Å². The highest BCUT2D eigenvalue weighted by molar-refractivity contribution is 9.10. The van der Waals surface area contributed by atoms with E-state index in [9.17, 15) is 4.79 Å². The van der Waals surface area contributed by atoms with Crippen LogP contribution in [0.4, 0.5) is 0 Å². The van der Waals surface area contributed by atoms with Gasteiger partial charge < -0.3 is 14.0 Å². The Morgan fingerprint density at radius 1 is 1.16 bits per heavy atom. The largest absolute Gasteiger partial charge is 0.493 e. The second-order valence-electron chi connectivity index (χ2n) is 5.02. The van der Waals surface area contributed by atoms with E-state index in [1.807, 2.05) is 31.2 Å². The van der Waals surface area contributed by atoms with Gasteiger partial charge in [0.15, 0.2) is 6.61 Å². The van der Waals surface area contributed by atoms with E-state index in [4.69, 9.17) is 14.0 Å². The van der Waals surface area contributed by atoms with Crippen LogP contribution in [0.15, 0.2) is 57.5 Å². The van der Waals surface area contributed by atoms with E-state index in [1.165, 1.54) is 0 Å². The number of esters is 1. The Balaban J connectivity index is 1.66. The molecule has 0 aliphatic carbocycles. The maximum atomic E-state index is 12.2. The lowest BCUT2D eigenvalue weighted by Crippen LogP contribution is -2.08. The summed E-state index contributed by atoms with van der Waals surface area (Å²) in [5, 5.41) is 3.90. The van der Waals surface area contributed by atoms with Crippen LogP contribution >= 0.6 is 15.9 Å². The van der Waals surface area contributed by atoms with Gasteiger partial charge in [0, 0.05) is 10.0 Å². The number of para-hydroxylation sites is 1. The van der Waals surface area contributed by atoms with Gasteiger partial charge in [-0.15, -0.1) is 0 Å². The molecule has 0 fully saturated rings. The SMILES string of the molecule is CCOc1ccccc1C(=O)OCc1nc(-c2ccc(Br)cc2)no1. The number of carbonyl (C=O) groups excluding carboxylic acids is 1. The maximum absolute atomic E-state index is 12.2. The molecule has 0 bridgehead atoms. The first kappa shape index (κ1) is 17.2. The minimum absolute atomic E-state index is 0.108. The number of aromatic nitrogens is 2. The molecule has 2 aromatic carbocycles. The summed E-state index contributed by atoms with van der Waals surface area (Å²) in [6, 6.07) is 14.4. The van der Waals surface area contributed by atoms with E-state index >= 15 is 0 Å². The second kappa shape index (κ2) is 7.94. The molecule has 3 rings (SSSR count). The van der Waals surface area contributed by atoms with Gasteiger partial charge >= 0.3 is 5.97 Å². The number of nitrogens with zero attached hydrogens (tertiary/aromatic N) is 2. The van der Waals surface area contributed by atoms with Crippen molar-refractivity contribution in [2.75, 3.05) is 6.61 Å². The Morgan fingerprint density at radius 2 is 1.92 bits per heavy atom. The van der Waals surface area contributed by atoms with Crippen molar-refractivity contribution in [1.29, 1.82) is 0 Å². The monoisotopic (exact) mass is 402 g/mol. The van der Waals surface area contributed by atoms with Crippen molar-refractivity contribution in [2.45, 2.75) is 13.5 Å². The molecule has 0 radical (unpaired) electrons. The number of carbonyl (C=O) groups is 1. The summed E-state index contributed by atoms with van der Waals surface area (Å²) in [6.07, 6.45) is 0. The minimum Gasteiger partial charge on any atom is -0.493 e. The van der Waals surface area contributed by atoms with Crippen LogP contribution in [0.3, 0.4) is 0 Å². The Labute approximate surface area is 152 Å².